The third kappa shape index (κ3) is 5.63. The summed E-state index contributed by atoms with van der Waals surface area (Å²) in [6.45, 7) is 0.998. The van der Waals surface area contributed by atoms with Crippen molar-refractivity contribution in [3.63, 3.8) is 0 Å². The highest BCUT2D eigenvalue weighted by molar-refractivity contribution is 6.30. The van der Waals surface area contributed by atoms with E-state index in [2.05, 4.69) is 5.32 Å². The lowest BCUT2D eigenvalue weighted by atomic mass is 9.89. The molecule has 6 heteroatoms. The first kappa shape index (κ1) is 24.1. The zero-order chi connectivity index (χ0) is 24.9. The Balaban J connectivity index is 1.30. The van der Waals surface area contributed by atoms with Gasteiger partial charge in [0, 0.05) is 23.7 Å². The van der Waals surface area contributed by atoms with Crippen LogP contribution in [0.1, 0.15) is 52.7 Å². The van der Waals surface area contributed by atoms with Gasteiger partial charge in [-0.1, -0.05) is 72.6 Å². The van der Waals surface area contributed by atoms with Crippen molar-refractivity contribution in [1.29, 1.82) is 0 Å². The molecule has 0 aromatic heterocycles. The molecular weight excluding hydrogens is 472 g/mol. The second-order valence-corrected chi connectivity index (χ2v) is 9.80. The lowest BCUT2D eigenvalue weighted by Crippen LogP contribution is -2.54. The Kier molecular flexibility index (Phi) is 7.38. The van der Waals surface area contributed by atoms with Crippen LogP contribution in [0, 0.1) is 0 Å². The number of morpholine rings is 1. The van der Waals surface area contributed by atoms with E-state index >= 15 is 0 Å². The zero-order valence-corrected chi connectivity index (χ0v) is 20.8. The van der Waals surface area contributed by atoms with Crippen molar-refractivity contribution >= 4 is 29.5 Å². The largest absolute Gasteiger partial charge is 0.482 e. The molecule has 184 valence electrons. The predicted molar refractivity (Wildman–Crippen MR) is 141 cm³/mol. The molecule has 5 rings (SSSR count). The van der Waals surface area contributed by atoms with Crippen molar-refractivity contribution in [2.45, 2.75) is 50.9 Å². The number of benzene rings is 3. The van der Waals surface area contributed by atoms with Gasteiger partial charge in [0.25, 0.3) is 11.8 Å². The van der Waals surface area contributed by atoms with Crippen LogP contribution in [0.4, 0.5) is 0 Å². The highest BCUT2D eigenvalue weighted by Gasteiger charge is 2.41. The van der Waals surface area contributed by atoms with Gasteiger partial charge in [0.15, 0.2) is 5.76 Å². The van der Waals surface area contributed by atoms with Gasteiger partial charge in [-0.15, -0.1) is 0 Å². The Bertz CT molecular complexity index is 1240. The first-order valence-corrected chi connectivity index (χ1v) is 12.8. The molecule has 2 atom stereocenters. The van der Waals surface area contributed by atoms with Crippen molar-refractivity contribution in [2.75, 3.05) is 0 Å². The fourth-order valence-corrected chi connectivity index (χ4v) is 5.04. The molecule has 36 heavy (non-hydrogen) atoms. The molecule has 1 aliphatic heterocycles. The number of ether oxygens (including phenoxy) is 1. The maximum atomic E-state index is 13.5. The summed E-state index contributed by atoms with van der Waals surface area (Å²) in [5.74, 6) is 0.119. The van der Waals surface area contributed by atoms with Crippen molar-refractivity contribution in [3.8, 4) is 0 Å². The van der Waals surface area contributed by atoms with Gasteiger partial charge in [-0.25, -0.2) is 0 Å². The predicted octanol–water partition coefficient (Wildman–Crippen LogP) is 5.98. The van der Waals surface area contributed by atoms with Gasteiger partial charge in [0.05, 0.1) is 6.04 Å². The standard InChI is InChI=1S/C30H29ClN2O3/c31-25-16-12-23(13-17-25)20-33-26-8-4-5-9-27(26)36-28(30(33)35)18-21-10-14-24(15-11-21)29(34)32-19-22-6-2-1-3-7-22/h1-3,6-7,10-18,26-27H,4-5,8-9,19-20H2,(H,32,34)/b28-18-. The number of fused-ring (bicyclic) bond motifs is 1. The van der Waals surface area contributed by atoms with E-state index in [1.807, 2.05) is 71.6 Å². The van der Waals surface area contributed by atoms with Crippen molar-refractivity contribution in [3.05, 3.63) is 112 Å². The van der Waals surface area contributed by atoms with Gasteiger partial charge >= 0.3 is 0 Å². The molecule has 2 fully saturated rings. The number of hydrogen-bond acceptors (Lipinski definition) is 3. The minimum atomic E-state index is -0.137. The SMILES string of the molecule is O=C(NCc1ccccc1)c1ccc(/C=C2\OC3CCCCC3N(Cc3ccc(Cl)cc3)C2=O)cc1. The Morgan fingerprint density at radius 1 is 0.944 bits per heavy atom. The molecular formula is C30H29ClN2O3. The van der Waals surface area contributed by atoms with E-state index in [0.29, 0.717) is 29.4 Å². The number of carbonyl (C=O) groups excluding carboxylic acids is 2. The molecule has 1 saturated heterocycles. The van der Waals surface area contributed by atoms with E-state index in [4.69, 9.17) is 16.3 Å². The molecule has 1 aliphatic carbocycles. The third-order valence-electron chi connectivity index (χ3n) is 6.85. The Labute approximate surface area is 216 Å². The van der Waals surface area contributed by atoms with Crippen LogP contribution in [-0.4, -0.2) is 28.9 Å². The van der Waals surface area contributed by atoms with Crippen LogP contribution < -0.4 is 5.32 Å². The molecule has 5 nitrogen and oxygen atoms in total. The number of amides is 2. The van der Waals surface area contributed by atoms with E-state index in [0.717, 1.165) is 42.4 Å². The number of halogens is 1. The first-order chi connectivity index (χ1) is 17.6. The Morgan fingerprint density at radius 2 is 1.67 bits per heavy atom. The second kappa shape index (κ2) is 11.0. The molecule has 3 aromatic rings. The summed E-state index contributed by atoms with van der Waals surface area (Å²) in [6, 6.07) is 24.8. The molecule has 1 N–H and O–H groups in total. The lowest BCUT2D eigenvalue weighted by molar-refractivity contribution is -0.149. The van der Waals surface area contributed by atoms with Crippen LogP contribution in [0.5, 0.6) is 0 Å². The third-order valence-corrected chi connectivity index (χ3v) is 7.10. The highest BCUT2D eigenvalue weighted by atomic mass is 35.5. The smallest absolute Gasteiger partial charge is 0.289 e. The monoisotopic (exact) mass is 500 g/mol. The summed E-state index contributed by atoms with van der Waals surface area (Å²) in [7, 11) is 0. The molecule has 1 heterocycles. The summed E-state index contributed by atoms with van der Waals surface area (Å²) in [5, 5.41) is 3.62. The van der Waals surface area contributed by atoms with Crippen LogP contribution in [0.25, 0.3) is 6.08 Å². The van der Waals surface area contributed by atoms with E-state index in [9.17, 15) is 9.59 Å². The average molecular weight is 501 g/mol. The Morgan fingerprint density at radius 3 is 2.42 bits per heavy atom. The van der Waals surface area contributed by atoms with Crippen molar-refractivity contribution in [1.82, 2.24) is 10.2 Å². The van der Waals surface area contributed by atoms with Crippen LogP contribution >= 0.6 is 11.6 Å². The highest BCUT2D eigenvalue weighted by Crippen LogP contribution is 2.34. The molecule has 0 bridgehead atoms. The fourth-order valence-electron chi connectivity index (χ4n) is 4.91. The molecule has 1 saturated carbocycles. The topological polar surface area (TPSA) is 58.6 Å². The number of rotatable bonds is 6. The van der Waals surface area contributed by atoms with Crippen molar-refractivity contribution < 1.29 is 14.3 Å². The maximum absolute atomic E-state index is 13.5. The summed E-state index contributed by atoms with van der Waals surface area (Å²) in [4.78, 5) is 28.0. The number of nitrogens with zero attached hydrogens (tertiary/aromatic N) is 1. The summed E-state index contributed by atoms with van der Waals surface area (Å²) in [6.07, 6.45) is 5.87. The second-order valence-electron chi connectivity index (χ2n) is 9.37. The van der Waals surface area contributed by atoms with Crippen LogP contribution in [0.3, 0.4) is 0 Å². The minimum Gasteiger partial charge on any atom is -0.482 e. The van der Waals surface area contributed by atoms with Crippen molar-refractivity contribution in [2.24, 2.45) is 0 Å². The summed E-state index contributed by atoms with van der Waals surface area (Å²) < 4.78 is 6.23. The van der Waals surface area contributed by atoms with Gasteiger partial charge in [-0.3, -0.25) is 9.59 Å². The molecule has 3 aromatic carbocycles. The quantitative estimate of drug-likeness (QED) is 0.423. The zero-order valence-electron chi connectivity index (χ0n) is 20.0. The van der Waals surface area contributed by atoms with Crippen LogP contribution in [0.15, 0.2) is 84.6 Å². The average Bonchev–Trinajstić information content (AvgIpc) is 2.92. The van der Waals surface area contributed by atoms with Gasteiger partial charge in [0.1, 0.15) is 6.10 Å². The van der Waals surface area contributed by atoms with E-state index in [-0.39, 0.29) is 24.0 Å². The van der Waals surface area contributed by atoms with Gasteiger partial charge < -0.3 is 15.0 Å². The fraction of sp³-hybridized carbons (Fsp3) is 0.267. The van der Waals surface area contributed by atoms with E-state index < -0.39 is 0 Å². The minimum absolute atomic E-state index is 0.00182. The summed E-state index contributed by atoms with van der Waals surface area (Å²) in [5.41, 5.74) is 3.48. The van der Waals surface area contributed by atoms with Gasteiger partial charge in [-0.05, 0) is 66.3 Å². The van der Waals surface area contributed by atoms with E-state index in [1.165, 1.54) is 0 Å². The van der Waals surface area contributed by atoms with Gasteiger partial charge in [-0.2, -0.15) is 0 Å². The maximum Gasteiger partial charge on any atom is 0.289 e. The van der Waals surface area contributed by atoms with Crippen LogP contribution in [-0.2, 0) is 22.6 Å². The molecule has 2 aliphatic rings. The van der Waals surface area contributed by atoms with E-state index in [1.54, 1.807) is 18.2 Å². The number of hydrogen-bond donors (Lipinski definition) is 1. The normalized spacial score (nSPS) is 20.5. The number of carbonyl (C=O) groups is 2. The first-order valence-electron chi connectivity index (χ1n) is 12.4. The molecule has 2 amide bonds. The van der Waals surface area contributed by atoms with Gasteiger partial charge in [0.2, 0.25) is 0 Å². The molecule has 0 radical (unpaired) electrons. The molecule has 0 spiro atoms. The number of nitrogens with one attached hydrogen (secondary N) is 1. The summed E-state index contributed by atoms with van der Waals surface area (Å²) >= 11 is 6.05. The lowest BCUT2D eigenvalue weighted by Gasteiger charge is -2.44. The van der Waals surface area contributed by atoms with Crippen LogP contribution in [0.2, 0.25) is 5.02 Å². The Hall–Kier alpha value is -3.57. The molecule has 2 unspecified atom stereocenters.